The first-order valence-electron chi connectivity index (χ1n) is 10.3. The number of amides is 4. The summed E-state index contributed by atoms with van der Waals surface area (Å²) in [6.07, 6.45) is 5.20. The predicted molar refractivity (Wildman–Crippen MR) is 115 cm³/mol. The molecule has 0 bridgehead atoms. The summed E-state index contributed by atoms with van der Waals surface area (Å²) in [6.45, 7) is 3.73. The Morgan fingerprint density at radius 3 is 2.45 bits per heavy atom. The van der Waals surface area contributed by atoms with Crippen LogP contribution in [-0.2, 0) is 19.2 Å². The summed E-state index contributed by atoms with van der Waals surface area (Å²) >= 11 is 6.30. The fraction of sp³-hybridized carbons (Fsp3) is 0.455. The van der Waals surface area contributed by atoms with Crippen molar-refractivity contribution in [3.8, 4) is 5.75 Å². The number of hydrogen-bond donors (Lipinski definition) is 2. The van der Waals surface area contributed by atoms with Crippen molar-refractivity contribution < 1.29 is 23.9 Å². The van der Waals surface area contributed by atoms with E-state index in [1.165, 1.54) is 12.1 Å². The molecule has 9 heteroatoms. The molecule has 0 spiro atoms. The third-order valence-electron chi connectivity index (χ3n) is 5.81. The average molecular weight is 446 g/mol. The van der Waals surface area contributed by atoms with E-state index in [0.29, 0.717) is 30.7 Å². The Hall–Kier alpha value is -2.87. The number of halogens is 1. The van der Waals surface area contributed by atoms with Gasteiger partial charge in [0, 0.05) is 6.07 Å². The summed E-state index contributed by atoms with van der Waals surface area (Å²) < 4.78 is 5.39. The molecule has 0 saturated carbocycles. The summed E-state index contributed by atoms with van der Waals surface area (Å²) in [5.74, 6) is -1.69. The van der Waals surface area contributed by atoms with Crippen molar-refractivity contribution in [1.29, 1.82) is 0 Å². The number of imide groups is 1. The van der Waals surface area contributed by atoms with E-state index in [0.717, 1.165) is 4.90 Å². The summed E-state index contributed by atoms with van der Waals surface area (Å²) in [7, 11) is 0. The van der Waals surface area contributed by atoms with Crippen LogP contribution in [0.25, 0.3) is 0 Å². The zero-order valence-corrected chi connectivity index (χ0v) is 18.1. The van der Waals surface area contributed by atoms with Crippen LogP contribution in [0.1, 0.15) is 33.1 Å². The molecule has 1 aromatic carbocycles. The second kappa shape index (κ2) is 8.34. The molecule has 3 unspecified atom stereocenters. The van der Waals surface area contributed by atoms with Crippen LogP contribution >= 0.6 is 11.6 Å². The van der Waals surface area contributed by atoms with Crippen molar-refractivity contribution in [3.05, 3.63) is 29.3 Å². The Morgan fingerprint density at radius 2 is 1.84 bits per heavy atom. The van der Waals surface area contributed by atoms with Crippen molar-refractivity contribution in [1.82, 2.24) is 4.90 Å². The van der Waals surface area contributed by atoms with Crippen LogP contribution < -0.4 is 15.4 Å². The van der Waals surface area contributed by atoms with Crippen LogP contribution in [0, 0.1) is 17.8 Å². The first-order valence-corrected chi connectivity index (χ1v) is 10.7. The minimum atomic E-state index is -0.932. The van der Waals surface area contributed by atoms with Gasteiger partial charge in [-0.2, -0.15) is 0 Å². The smallest absolute Gasteiger partial charge is 0.262 e. The number of carbonyl (C=O) groups is 4. The predicted octanol–water partition coefficient (Wildman–Crippen LogP) is 2.98. The summed E-state index contributed by atoms with van der Waals surface area (Å²) in [6, 6.07) is 2.09. The standard InChI is InChI=1S/C22H24ClN3O5/c1-11(2)7-17(26-21(29)12-5-3-4-6-13(12)22(26)30)20(28)25-15-9-18-16(8-14(15)23)24-19(27)10-31-18/h3-4,8-9,11-13,17H,5-7,10H2,1-2H3,(H,24,27)(H,25,28). The van der Waals surface area contributed by atoms with Crippen LogP contribution in [0.5, 0.6) is 5.75 Å². The number of hydrogen-bond acceptors (Lipinski definition) is 5. The Bertz CT molecular complexity index is 964. The third-order valence-corrected chi connectivity index (χ3v) is 6.12. The summed E-state index contributed by atoms with van der Waals surface area (Å²) in [5.41, 5.74) is 0.702. The highest BCUT2D eigenvalue weighted by molar-refractivity contribution is 6.34. The van der Waals surface area contributed by atoms with Crippen LogP contribution in [0.3, 0.4) is 0 Å². The van der Waals surface area contributed by atoms with Crippen molar-refractivity contribution in [3.63, 3.8) is 0 Å². The maximum Gasteiger partial charge on any atom is 0.262 e. The topological polar surface area (TPSA) is 105 Å². The molecule has 0 radical (unpaired) electrons. The molecule has 2 heterocycles. The number of allylic oxidation sites excluding steroid dienone is 2. The van der Waals surface area contributed by atoms with E-state index in [-0.39, 0.29) is 41.0 Å². The number of rotatable bonds is 5. The third kappa shape index (κ3) is 4.04. The lowest BCUT2D eigenvalue weighted by molar-refractivity contribution is -0.147. The first kappa shape index (κ1) is 21.4. The molecule has 3 atom stereocenters. The molecule has 4 amide bonds. The lowest BCUT2D eigenvalue weighted by Crippen LogP contribution is -2.48. The Balaban J connectivity index is 1.59. The molecule has 0 aromatic heterocycles. The zero-order valence-electron chi connectivity index (χ0n) is 17.3. The Labute approximate surface area is 184 Å². The highest BCUT2D eigenvalue weighted by Gasteiger charge is 2.51. The number of likely N-dealkylation sites (tertiary alicyclic amines) is 1. The highest BCUT2D eigenvalue weighted by Crippen LogP contribution is 2.39. The first-order chi connectivity index (χ1) is 14.8. The molecule has 2 N–H and O–H groups in total. The number of benzene rings is 1. The Morgan fingerprint density at radius 1 is 1.19 bits per heavy atom. The van der Waals surface area contributed by atoms with E-state index < -0.39 is 23.8 Å². The maximum absolute atomic E-state index is 13.3. The van der Waals surface area contributed by atoms with Gasteiger partial charge in [-0.25, -0.2) is 0 Å². The van der Waals surface area contributed by atoms with Crippen molar-refractivity contribution in [2.24, 2.45) is 17.8 Å². The zero-order chi connectivity index (χ0) is 22.3. The molecule has 1 fully saturated rings. The Kier molecular flexibility index (Phi) is 5.75. The number of ether oxygens (including phenoxy) is 1. The molecule has 1 aromatic rings. The fourth-order valence-corrected chi connectivity index (χ4v) is 4.53. The van der Waals surface area contributed by atoms with Crippen LogP contribution in [0.15, 0.2) is 24.3 Å². The van der Waals surface area contributed by atoms with E-state index in [2.05, 4.69) is 10.6 Å². The number of nitrogens with one attached hydrogen (secondary N) is 2. The number of nitrogens with zero attached hydrogens (tertiary/aromatic N) is 1. The molecule has 3 aliphatic rings. The van der Waals surface area contributed by atoms with Crippen molar-refractivity contribution in [2.45, 2.75) is 39.2 Å². The minimum absolute atomic E-state index is 0.0784. The van der Waals surface area contributed by atoms with Crippen LogP contribution in [-0.4, -0.2) is 41.2 Å². The van der Waals surface area contributed by atoms with E-state index in [1.54, 1.807) is 0 Å². The summed E-state index contributed by atoms with van der Waals surface area (Å²) in [4.78, 5) is 51.9. The number of fused-ring (bicyclic) bond motifs is 2. The van der Waals surface area contributed by atoms with Crippen LogP contribution in [0.2, 0.25) is 5.02 Å². The molecule has 4 rings (SSSR count). The minimum Gasteiger partial charge on any atom is -0.482 e. The molecule has 1 aliphatic carbocycles. The monoisotopic (exact) mass is 445 g/mol. The molecular weight excluding hydrogens is 422 g/mol. The van der Waals surface area contributed by atoms with Gasteiger partial charge in [-0.05, 0) is 31.2 Å². The molecule has 164 valence electrons. The summed E-state index contributed by atoms with van der Waals surface area (Å²) in [5, 5.41) is 5.61. The number of anilines is 2. The molecule has 1 saturated heterocycles. The lowest BCUT2D eigenvalue weighted by Gasteiger charge is -2.28. The molecule has 31 heavy (non-hydrogen) atoms. The van der Waals surface area contributed by atoms with E-state index >= 15 is 0 Å². The van der Waals surface area contributed by atoms with Crippen LogP contribution in [0.4, 0.5) is 11.4 Å². The average Bonchev–Trinajstić information content (AvgIpc) is 2.97. The van der Waals surface area contributed by atoms with Gasteiger partial charge >= 0.3 is 0 Å². The van der Waals surface area contributed by atoms with Gasteiger partial charge in [0.1, 0.15) is 11.8 Å². The van der Waals surface area contributed by atoms with Gasteiger partial charge in [0.05, 0.1) is 28.2 Å². The van der Waals surface area contributed by atoms with Gasteiger partial charge in [-0.1, -0.05) is 37.6 Å². The van der Waals surface area contributed by atoms with Gasteiger partial charge in [0.15, 0.2) is 6.61 Å². The normalized spacial score (nSPS) is 23.2. The van der Waals surface area contributed by atoms with E-state index in [4.69, 9.17) is 16.3 Å². The molecular formula is C22H24ClN3O5. The quantitative estimate of drug-likeness (QED) is 0.535. The van der Waals surface area contributed by atoms with Crippen molar-refractivity contribution >= 4 is 46.6 Å². The molecule has 8 nitrogen and oxygen atoms in total. The van der Waals surface area contributed by atoms with Gasteiger partial charge in [-0.3, -0.25) is 24.1 Å². The second-order valence-electron chi connectivity index (χ2n) is 8.50. The SMILES string of the molecule is CC(C)CC(C(=O)Nc1cc2c(cc1Cl)NC(=O)CO2)N1C(=O)C2CC=CCC2C1=O. The largest absolute Gasteiger partial charge is 0.482 e. The van der Waals surface area contributed by atoms with Gasteiger partial charge in [0.25, 0.3) is 5.91 Å². The highest BCUT2D eigenvalue weighted by atomic mass is 35.5. The second-order valence-corrected chi connectivity index (χ2v) is 8.91. The van der Waals surface area contributed by atoms with Gasteiger partial charge < -0.3 is 15.4 Å². The van der Waals surface area contributed by atoms with Gasteiger partial charge in [-0.15, -0.1) is 0 Å². The van der Waals surface area contributed by atoms with Gasteiger partial charge in [0.2, 0.25) is 17.7 Å². The lowest BCUT2D eigenvalue weighted by atomic mass is 9.85. The number of carbonyl (C=O) groups excluding carboxylic acids is 4. The fourth-order valence-electron chi connectivity index (χ4n) is 4.32. The van der Waals surface area contributed by atoms with Crippen molar-refractivity contribution in [2.75, 3.05) is 17.2 Å². The maximum atomic E-state index is 13.3. The van der Waals surface area contributed by atoms with E-state index in [1.807, 2.05) is 26.0 Å². The van der Waals surface area contributed by atoms with E-state index in [9.17, 15) is 19.2 Å². The molecule has 2 aliphatic heterocycles.